The van der Waals surface area contributed by atoms with Crippen molar-refractivity contribution in [2.45, 2.75) is 13.5 Å². The van der Waals surface area contributed by atoms with E-state index in [1.807, 2.05) is 30.5 Å². The van der Waals surface area contributed by atoms with Crippen molar-refractivity contribution in [1.82, 2.24) is 9.55 Å². The van der Waals surface area contributed by atoms with Gasteiger partial charge in [-0.25, -0.2) is 9.37 Å². The molecule has 2 aromatic heterocycles. The number of carbonyl (C=O) groups is 1. The van der Waals surface area contributed by atoms with Gasteiger partial charge in [0.2, 0.25) is 5.91 Å². The van der Waals surface area contributed by atoms with Gasteiger partial charge in [0, 0.05) is 16.6 Å². The zero-order valence-corrected chi connectivity index (χ0v) is 15.8. The van der Waals surface area contributed by atoms with Crippen molar-refractivity contribution in [3.8, 4) is 11.1 Å². The molecular formula is C21H16FN3O2S. The van der Waals surface area contributed by atoms with Gasteiger partial charge in [0.05, 0.1) is 11.8 Å². The fourth-order valence-electron chi connectivity index (χ4n) is 2.97. The number of anilines is 1. The quantitative estimate of drug-likeness (QED) is 0.565. The van der Waals surface area contributed by atoms with E-state index in [2.05, 4.69) is 10.3 Å². The van der Waals surface area contributed by atoms with Crippen LogP contribution in [0.5, 0.6) is 0 Å². The summed E-state index contributed by atoms with van der Waals surface area (Å²) in [5.41, 5.74) is 3.55. The SMILES string of the molecule is Cc1cccc(NC(=O)Cn2cnc3c(-c4ccc(F)cc4)csc3c2=O)c1. The van der Waals surface area contributed by atoms with E-state index >= 15 is 0 Å². The first-order valence-electron chi connectivity index (χ1n) is 8.60. The van der Waals surface area contributed by atoms with Crippen LogP contribution in [0.2, 0.25) is 0 Å². The molecule has 5 nitrogen and oxygen atoms in total. The maximum atomic E-state index is 13.2. The largest absolute Gasteiger partial charge is 0.325 e. The van der Waals surface area contributed by atoms with Gasteiger partial charge in [-0.1, -0.05) is 24.3 Å². The van der Waals surface area contributed by atoms with Crippen LogP contribution in [-0.2, 0) is 11.3 Å². The maximum Gasteiger partial charge on any atom is 0.271 e. The highest BCUT2D eigenvalue weighted by atomic mass is 32.1. The monoisotopic (exact) mass is 393 g/mol. The van der Waals surface area contributed by atoms with Crippen LogP contribution in [0, 0.1) is 12.7 Å². The summed E-state index contributed by atoms with van der Waals surface area (Å²) < 4.78 is 14.9. The number of thiophene rings is 1. The third kappa shape index (κ3) is 3.57. The molecule has 4 aromatic rings. The van der Waals surface area contributed by atoms with Crippen LogP contribution < -0.4 is 10.9 Å². The van der Waals surface area contributed by atoms with Crippen molar-refractivity contribution >= 4 is 33.1 Å². The predicted molar refractivity (Wildman–Crippen MR) is 109 cm³/mol. The molecule has 0 unspecified atom stereocenters. The summed E-state index contributed by atoms with van der Waals surface area (Å²) >= 11 is 1.27. The zero-order chi connectivity index (χ0) is 19.7. The molecule has 0 saturated carbocycles. The van der Waals surface area contributed by atoms with Crippen molar-refractivity contribution in [3.63, 3.8) is 0 Å². The summed E-state index contributed by atoms with van der Waals surface area (Å²) in [5.74, 6) is -0.623. The highest BCUT2D eigenvalue weighted by Gasteiger charge is 2.14. The molecule has 0 aliphatic heterocycles. The molecule has 0 radical (unpaired) electrons. The topological polar surface area (TPSA) is 64.0 Å². The minimum atomic E-state index is -0.321. The first kappa shape index (κ1) is 18.1. The number of nitrogens with one attached hydrogen (secondary N) is 1. The number of carbonyl (C=O) groups excluding carboxylic acids is 1. The van der Waals surface area contributed by atoms with Gasteiger partial charge in [-0.3, -0.25) is 14.2 Å². The van der Waals surface area contributed by atoms with Gasteiger partial charge in [-0.15, -0.1) is 11.3 Å². The number of aromatic nitrogens is 2. The number of hydrogen-bond donors (Lipinski definition) is 1. The molecule has 4 rings (SSSR count). The number of rotatable bonds is 4. The summed E-state index contributed by atoms with van der Waals surface area (Å²) in [5, 5.41) is 4.61. The van der Waals surface area contributed by atoms with Crippen LogP contribution in [0.3, 0.4) is 0 Å². The standard InChI is InChI=1S/C21H16FN3O2S/c1-13-3-2-4-16(9-13)24-18(26)10-25-12-23-19-17(11-28-20(19)21(25)27)14-5-7-15(22)8-6-14/h2-9,11-12H,10H2,1H3,(H,24,26). The Kier molecular flexibility index (Phi) is 4.75. The smallest absolute Gasteiger partial charge is 0.271 e. The average Bonchev–Trinajstić information content (AvgIpc) is 3.09. The number of fused-ring (bicyclic) bond motifs is 1. The van der Waals surface area contributed by atoms with Gasteiger partial charge >= 0.3 is 0 Å². The minimum Gasteiger partial charge on any atom is -0.325 e. The Morgan fingerprint density at radius 3 is 2.75 bits per heavy atom. The van der Waals surface area contributed by atoms with E-state index in [0.29, 0.717) is 15.9 Å². The number of halogens is 1. The normalized spacial score (nSPS) is 10.9. The first-order chi connectivity index (χ1) is 13.5. The van der Waals surface area contributed by atoms with Crippen molar-refractivity contribution < 1.29 is 9.18 Å². The van der Waals surface area contributed by atoms with Gasteiger partial charge in [-0.05, 0) is 42.3 Å². The van der Waals surface area contributed by atoms with E-state index < -0.39 is 0 Å². The van der Waals surface area contributed by atoms with E-state index in [0.717, 1.165) is 16.7 Å². The maximum absolute atomic E-state index is 13.2. The highest BCUT2D eigenvalue weighted by Crippen LogP contribution is 2.30. The summed E-state index contributed by atoms with van der Waals surface area (Å²) in [6.45, 7) is 1.81. The average molecular weight is 393 g/mol. The lowest BCUT2D eigenvalue weighted by Gasteiger charge is -2.08. The van der Waals surface area contributed by atoms with Crippen LogP contribution in [0.15, 0.2) is 65.0 Å². The molecule has 0 spiro atoms. The Balaban J connectivity index is 1.61. The first-order valence-corrected chi connectivity index (χ1v) is 9.48. The second-order valence-electron chi connectivity index (χ2n) is 6.43. The fourth-order valence-corrected chi connectivity index (χ4v) is 3.94. The van der Waals surface area contributed by atoms with E-state index in [9.17, 15) is 14.0 Å². The van der Waals surface area contributed by atoms with Crippen molar-refractivity contribution in [1.29, 1.82) is 0 Å². The Morgan fingerprint density at radius 1 is 1.21 bits per heavy atom. The molecule has 0 saturated heterocycles. The molecule has 1 N–H and O–H groups in total. The van der Waals surface area contributed by atoms with Gasteiger partial charge in [0.25, 0.3) is 5.56 Å². The second kappa shape index (κ2) is 7.36. The third-order valence-corrected chi connectivity index (χ3v) is 5.27. The van der Waals surface area contributed by atoms with Crippen LogP contribution in [0.1, 0.15) is 5.56 Å². The molecular weight excluding hydrogens is 377 g/mol. The molecule has 2 aromatic carbocycles. The summed E-state index contributed by atoms with van der Waals surface area (Å²) in [7, 11) is 0. The Morgan fingerprint density at radius 2 is 2.00 bits per heavy atom. The van der Waals surface area contributed by atoms with Crippen molar-refractivity contribution in [2.24, 2.45) is 0 Å². The molecule has 28 heavy (non-hydrogen) atoms. The number of hydrogen-bond acceptors (Lipinski definition) is 4. The summed E-state index contributed by atoms with van der Waals surface area (Å²) in [6.07, 6.45) is 1.38. The lowest BCUT2D eigenvalue weighted by molar-refractivity contribution is -0.116. The molecule has 0 bridgehead atoms. The zero-order valence-electron chi connectivity index (χ0n) is 15.0. The highest BCUT2D eigenvalue weighted by molar-refractivity contribution is 7.17. The Hall–Kier alpha value is -3.32. The number of benzene rings is 2. The lowest BCUT2D eigenvalue weighted by atomic mass is 10.1. The molecule has 7 heteroatoms. The number of nitrogens with zero attached hydrogens (tertiary/aromatic N) is 2. The third-order valence-electron chi connectivity index (χ3n) is 4.32. The van der Waals surface area contributed by atoms with Crippen LogP contribution in [0.25, 0.3) is 21.3 Å². The Bertz CT molecular complexity index is 1230. The number of amides is 1. The second-order valence-corrected chi connectivity index (χ2v) is 7.31. The van der Waals surface area contributed by atoms with Gasteiger partial charge in [-0.2, -0.15) is 0 Å². The minimum absolute atomic E-state index is 0.125. The number of aryl methyl sites for hydroxylation is 1. The molecule has 2 heterocycles. The van der Waals surface area contributed by atoms with Crippen molar-refractivity contribution in [3.05, 3.63) is 82.0 Å². The molecule has 0 atom stereocenters. The van der Waals surface area contributed by atoms with Gasteiger partial charge in [0.15, 0.2) is 0 Å². The summed E-state index contributed by atoms with van der Waals surface area (Å²) in [6, 6.07) is 13.5. The van der Waals surface area contributed by atoms with E-state index in [1.54, 1.807) is 18.2 Å². The van der Waals surface area contributed by atoms with E-state index in [1.165, 1.54) is 34.4 Å². The lowest BCUT2D eigenvalue weighted by Crippen LogP contribution is -2.27. The predicted octanol–water partition coefficient (Wildman–Crippen LogP) is 4.21. The van der Waals surface area contributed by atoms with Crippen LogP contribution in [0.4, 0.5) is 10.1 Å². The molecule has 0 aliphatic carbocycles. The molecule has 0 aliphatic rings. The Labute approximate surface area is 164 Å². The van der Waals surface area contributed by atoms with Gasteiger partial charge < -0.3 is 5.32 Å². The van der Waals surface area contributed by atoms with Crippen LogP contribution >= 0.6 is 11.3 Å². The van der Waals surface area contributed by atoms with E-state index in [4.69, 9.17) is 0 Å². The summed E-state index contributed by atoms with van der Waals surface area (Å²) in [4.78, 5) is 29.4. The van der Waals surface area contributed by atoms with Crippen molar-refractivity contribution in [2.75, 3.05) is 5.32 Å². The molecule has 140 valence electrons. The van der Waals surface area contributed by atoms with Crippen LogP contribution in [-0.4, -0.2) is 15.5 Å². The fraction of sp³-hybridized carbons (Fsp3) is 0.0952. The molecule has 0 fully saturated rings. The van der Waals surface area contributed by atoms with Gasteiger partial charge in [0.1, 0.15) is 17.1 Å². The van der Waals surface area contributed by atoms with E-state index in [-0.39, 0.29) is 23.8 Å². The molecule has 1 amide bonds.